The monoisotopic (exact) mass is 385 g/mol. The van der Waals surface area contributed by atoms with Crippen molar-refractivity contribution in [2.45, 2.75) is 45.3 Å². The van der Waals surface area contributed by atoms with E-state index in [1.54, 1.807) is 6.07 Å². The first kappa shape index (κ1) is 19.3. The fraction of sp³-hybridized carbons (Fsp3) is 0.269. The van der Waals surface area contributed by atoms with Gasteiger partial charge in [-0.2, -0.15) is 0 Å². The van der Waals surface area contributed by atoms with Crippen molar-refractivity contribution < 1.29 is 9.53 Å². The zero-order valence-corrected chi connectivity index (χ0v) is 16.9. The Bertz CT molecular complexity index is 981. The molecule has 1 aliphatic carbocycles. The third-order valence-electron chi connectivity index (χ3n) is 5.56. The fourth-order valence-corrected chi connectivity index (χ4v) is 3.85. The second-order valence-electron chi connectivity index (χ2n) is 7.73. The van der Waals surface area contributed by atoms with E-state index in [9.17, 15) is 4.79 Å². The molecule has 148 valence electrons. The summed E-state index contributed by atoms with van der Waals surface area (Å²) in [5.74, 6) is 0.614. The van der Waals surface area contributed by atoms with Gasteiger partial charge in [-0.05, 0) is 73.1 Å². The van der Waals surface area contributed by atoms with Crippen LogP contribution in [0.5, 0.6) is 5.75 Å². The van der Waals surface area contributed by atoms with Crippen LogP contribution in [0.1, 0.15) is 58.4 Å². The molecule has 3 aromatic carbocycles. The second-order valence-corrected chi connectivity index (χ2v) is 7.73. The number of nitrogens with one attached hydrogen (secondary N) is 1. The minimum atomic E-state index is -0.0830. The molecule has 4 rings (SSSR count). The molecule has 0 aromatic heterocycles. The smallest absolute Gasteiger partial charge is 0.251 e. The lowest BCUT2D eigenvalue weighted by Gasteiger charge is -2.20. The van der Waals surface area contributed by atoms with Crippen LogP contribution in [0, 0.1) is 0 Å². The van der Waals surface area contributed by atoms with Crippen LogP contribution in [-0.4, -0.2) is 5.91 Å². The third kappa shape index (κ3) is 4.86. The summed E-state index contributed by atoms with van der Waals surface area (Å²) < 4.78 is 5.85. The third-order valence-corrected chi connectivity index (χ3v) is 5.56. The molecule has 1 atom stereocenters. The maximum absolute atomic E-state index is 12.8. The number of aryl methyl sites for hydroxylation is 2. The van der Waals surface area contributed by atoms with Crippen molar-refractivity contribution in [3.63, 3.8) is 0 Å². The number of hydrogen-bond acceptors (Lipinski definition) is 2. The SMILES string of the molecule is C[C@H](NC(=O)c1cccc(OCc2ccccc2)c1)c1ccc2c(c1)CCCC2. The lowest BCUT2D eigenvalue weighted by atomic mass is 9.89. The van der Waals surface area contributed by atoms with Crippen molar-refractivity contribution in [2.75, 3.05) is 0 Å². The minimum absolute atomic E-state index is 0.0383. The van der Waals surface area contributed by atoms with Gasteiger partial charge in [-0.1, -0.05) is 54.6 Å². The van der Waals surface area contributed by atoms with Gasteiger partial charge in [-0.25, -0.2) is 0 Å². The Morgan fingerprint density at radius 2 is 1.72 bits per heavy atom. The predicted molar refractivity (Wildman–Crippen MR) is 116 cm³/mol. The molecule has 1 N–H and O–H groups in total. The normalized spacial score (nSPS) is 14.0. The van der Waals surface area contributed by atoms with E-state index in [0.717, 1.165) is 17.5 Å². The van der Waals surface area contributed by atoms with E-state index < -0.39 is 0 Å². The average Bonchev–Trinajstić information content (AvgIpc) is 2.78. The highest BCUT2D eigenvalue weighted by Gasteiger charge is 2.15. The molecule has 0 radical (unpaired) electrons. The molecule has 3 heteroatoms. The van der Waals surface area contributed by atoms with Gasteiger partial charge in [0.15, 0.2) is 0 Å². The van der Waals surface area contributed by atoms with E-state index in [2.05, 4.69) is 23.5 Å². The summed E-state index contributed by atoms with van der Waals surface area (Å²) in [4.78, 5) is 12.8. The second kappa shape index (κ2) is 8.95. The van der Waals surface area contributed by atoms with Gasteiger partial charge in [0, 0.05) is 5.56 Å². The van der Waals surface area contributed by atoms with Gasteiger partial charge in [0.05, 0.1) is 6.04 Å². The quantitative estimate of drug-likeness (QED) is 0.597. The molecule has 29 heavy (non-hydrogen) atoms. The number of carbonyl (C=O) groups excluding carboxylic acids is 1. The van der Waals surface area contributed by atoms with Crippen molar-refractivity contribution in [3.05, 3.63) is 101 Å². The minimum Gasteiger partial charge on any atom is -0.489 e. The molecule has 0 heterocycles. The van der Waals surface area contributed by atoms with Crippen LogP contribution in [0.3, 0.4) is 0 Å². The first-order valence-corrected chi connectivity index (χ1v) is 10.4. The van der Waals surface area contributed by atoms with Gasteiger partial charge in [-0.15, -0.1) is 0 Å². The van der Waals surface area contributed by atoms with Crippen LogP contribution < -0.4 is 10.1 Å². The van der Waals surface area contributed by atoms with Gasteiger partial charge in [0.2, 0.25) is 0 Å². The molecule has 3 aromatic rings. The van der Waals surface area contributed by atoms with Crippen molar-refractivity contribution in [1.29, 1.82) is 0 Å². The molecule has 0 bridgehead atoms. The Morgan fingerprint density at radius 1 is 0.931 bits per heavy atom. The summed E-state index contributed by atoms with van der Waals surface area (Å²) in [6.07, 6.45) is 4.85. The molecule has 1 amide bonds. The number of amides is 1. The first-order chi connectivity index (χ1) is 14.2. The molecule has 0 fully saturated rings. The standard InChI is InChI=1S/C26H27NO2/c1-19(22-15-14-21-10-5-6-11-23(21)16-22)27-26(28)24-12-7-13-25(17-24)29-18-20-8-3-2-4-9-20/h2-4,7-9,12-17,19H,5-6,10-11,18H2,1H3,(H,27,28)/t19-/m0/s1. The van der Waals surface area contributed by atoms with E-state index in [1.165, 1.54) is 30.4 Å². The maximum Gasteiger partial charge on any atom is 0.251 e. The number of rotatable bonds is 6. The van der Waals surface area contributed by atoms with Crippen LogP contribution >= 0.6 is 0 Å². The predicted octanol–water partition coefficient (Wildman–Crippen LogP) is 5.64. The summed E-state index contributed by atoms with van der Waals surface area (Å²) in [7, 11) is 0. The van der Waals surface area contributed by atoms with Crippen molar-refractivity contribution >= 4 is 5.91 Å². The van der Waals surface area contributed by atoms with Crippen LogP contribution in [0.15, 0.2) is 72.8 Å². The number of carbonyl (C=O) groups is 1. The van der Waals surface area contributed by atoms with Crippen molar-refractivity contribution in [2.24, 2.45) is 0 Å². The molecular formula is C26H27NO2. The summed E-state index contributed by atoms with van der Waals surface area (Å²) in [6.45, 7) is 2.52. The Morgan fingerprint density at radius 3 is 2.55 bits per heavy atom. The largest absolute Gasteiger partial charge is 0.489 e. The summed E-state index contributed by atoms with van der Waals surface area (Å²) >= 11 is 0. The lowest BCUT2D eigenvalue weighted by Crippen LogP contribution is -2.26. The van der Waals surface area contributed by atoms with Gasteiger partial charge < -0.3 is 10.1 Å². The highest BCUT2D eigenvalue weighted by atomic mass is 16.5. The fourth-order valence-electron chi connectivity index (χ4n) is 3.85. The lowest BCUT2D eigenvalue weighted by molar-refractivity contribution is 0.0939. The molecule has 0 aliphatic heterocycles. The summed E-state index contributed by atoms with van der Waals surface area (Å²) in [5.41, 5.74) is 5.77. The molecule has 0 saturated carbocycles. The maximum atomic E-state index is 12.8. The van der Waals surface area contributed by atoms with E-state index >= 15 is 0 Å². The van der Waals surface area contributed by atoms with E-state index in [4.69, 9.17) is 4.74 Å². The van der Waals surface area contributed by atoms with Gasteiger partial charge >= 0.3 is 0 Å². The zero-order valence-electron chi connectivity index (χ0n) is 16.9. The van der Waals surface area contributed by atoms with Gasteiger partial charge in [0.25, 0.3) is 5.91 Å². The zero-order chi connectivity index (χ0) is 20.1. The van der Waals surface area contributed by atoms with Crippen LogP contribution in [0.4, 0.5) is 0 Å². The number of fused-ring (bicyclic) bond motifs is 1. The molecule has 0 unspecified atom stereocenters. The highest BCUT2D eigenvalue weighted by Crippen LogP contribution is 2.25. The average molecular weight is 386 g/mol. The first-order valence-electron chi connectivity index (χ1n) is 10.4. The Balaban J connectivity index is 1.40. The molecule has 0 spiro atoms. The Kier molecular flexibility index (Phi) is 5.95. The summed E-state index contributed by atoms with van der Waals surface area (Å²) in [5, 5.41) is 3.13. The van der Waals surface area contributed by atoms with E-state index in [0.29, 0.717) is 17.9 Å². The Hall–Kier alpha value is -3.07. The van der Waals surface area contributed by atoms with Gasteiger partial charge in [-0.3, -0.25) is 4.79 Å². The number of hydrogen-bond donors (Lipinski definition) is 1. The molecule has 3 nitrogen and oxygen atoms in total. The Labute approximate surface area is 172 Å². The molecule has 0 saturated heterocycles. The highest BCUT2D eigenvalue weighted by molar-refractivity contribution is 5.94. The van der Waals surface area contributed by atoms with Crippen LogP contribution in [-0.2, 0) is 19.4 Å². The van der Waals surface area contributed by atoms with E-state index in [-0.39, 0.29) is 11.9 Å². The van der Waals surface area contributed by atoms with Crippen LogP contribution in [0.2, 0.25) is 0 Å². The number of benzene rings is 3. The van der Waals surface area contributed by atoms with E-state index in [1.807, 2.05) is 55.5 Å². The van der Waals surface area contributed by atoms with Crippen molar-refractivity contribution in [1.82, 2.24) is 5.32 Å². The van der Waals surface area contributed by atoms with Gasteiger partial charge in [0.1, 0.15) is 12.4 Å². The van der Waals surface area contributed by atoms with Crippen LogP contribution in [0.25, 0.3) is 0 Å². The molecular weight excluding hydrogens is 358 g/mol. The summed E-state index contributed by atoms with van der Waals surface area (Å²) in [6, 6.07) is 24.0. The number of ether oxygens (including phenoxy) is 1. The molecule has 1 aliphatic rings. The van der Waals surface area contributed by atoms with Crippen molar-refractivity contribution in [3.8, 4) is 5.75 Å². The topological polar surface area (TPSA) is 38.3 Å².